The van der Waals surface area contributed by atoms with Crippen molar-refractivity contribution >= 4 is 29.2 Å². The largest absolute Gasteiger partial charge is 0.478 e. The van der Waals surface area contributed by atoms with Gasteiger partial charge in [-0.25, -0.2) is 14.0 Å². The number of hydrogen-bond donors (Lipinski definition) is 2. The van der Waals surface area contributed by atoms with Crippen LogP contribution in [0.25, 0.3) is 11.1 Å². The second-order valence-electron chi connectivity index (χ2n) is 4.89. The highest BCUT2D eigenvalue weighted by Gasteiger charge is 2.26. The van der Waals surface area contributed by atoms with Gasteiger partial charge in [-0.2, -0.15) is 0 Å². The molecular weight excluding hydrogens is 345 g/mol. The van der Waals surface area contributed by atoms with Gasteiger partial charge in [0.25, 0.3) is 5.69 Å². The second-order valence-corrected chi connectivity index (χ2v) is 5.29. The van der Waals surface area contributed by atoms with Crippen LogP contribution in [0, 0.1) is 22.9 Å². The number of rotatable bonds is 4. The van der Waals surface area contributed by atoms with Crippen molar-refractivity contribution in [2.45, 2.75) is 6.92 Å². The quantitative estimate of drug-likeness (QED) is 0.638. The van der Waals surface area contributed by atoms with E-state index in [-0.39, 0.29) is 0 Å². The Morgan fingerprint density at radius 2 is 1.62 bits per heavy atom. The van der Waals surface area contributed by atoms with Gasteiger partial charge in [-0.05, 0) is 24.6 Å². The third kappa shape index (κ3) is 3.04. The molecule has 0 aliphatic heterocycles. The summed E-state index contributed by atoms with van der Waals surface area (Å²) in [6, 6.07) is 3.68. The van der Waals surface area contributed by atoms with E-state index < -0.39 is 55.6 Å². The highest BCUT2D eigenvalue weighted by molar-refractivity contribution is 6.32. The van der Waals surface area contributed by atoms with E-state index in [9.17, 15) is 34.3 Å². The van der Waals surface area contributed by atoms with Crippen molar-refractivity contribution in [1.82, 2.24) is 0 Å². The van der Waals surface area contributed by atoms with E-state index >= 15 is 0 Å². The van der Waals surface area contributed by atoms with Gasteiger partial charge in [0.2, 0.25) is 0 Å². The number of halogens is 2. The number of hydrogen-bond acceptors (Lipinski definition) is 4. The molecule has 2 N–H and O–H groups in total. The number of nitrogens with zero attached hydrogens (tertiary/aromatic N) is 1. The first-order chi connectivity index (χ1) is 11.1. The predicted octanol–water partition coefficient (Wildman–Crippen LogP) is 3.76. The van der Waals surface area contributed by atoms with E-state index in [1.807, 2.05) is 0 Å². The van der Waals surface area contributed by atoms with E-state index in [4.69, 9.17) is 11.6 Å². The van der Waals surface area contributed by atoms with Gasteiger partial charge in [0, 0.05) is 23.3 Å². The van der Waals surface area contributed by atoms with Crippen molar-refractivity contribution in [3.63, 3.8) is 0 Å². The van der Waals surface area contributed by atoms with Gasteiger partial charge in [0.1, 0.15) is 10.8 Å². The third-order valence-corrected chi connectivity index (χ3v) is 3.55. The number of nitro groups is 1. The summed E-state index contributed by atoms with van der Waals surface area (Å²) in [4.78, 5) is 33.0. The lowest BCUT2D eigenvalue weighted by Gasteiger charge is -2.13. The topological polar surface area (TPSA) is 118 Å². The van der Waals surface area contributed by atoms with Gasteiger partial charge in [-0.3, -0.25) is 10.1 Å². The first kappa shape index (κ1) is 17.4. The van der Waals surface area contributed by atoms with Crippen molar-refractivity contribution in [3.8, 4) is 11.1 Å². The number of benzene rings is 2. The molecule has 0 amide bonds. The van der Waals surface area contributed by atoms with Crippen LogP contribution in [0.15, 0.2) is 24.3 Å². The molecule has 0 heterocycles. The van der Waals surface area contributed by atoms with Crippen molar-refractivity contribution in [2.24, 2.45) is 0 Å². The Morgan fingerprint density at radius 3 is 2.04 bits per heavy atom. The Labute approximate surface area is 139 Å². The van der Waals surface area contributed by atoms with Gasteiger partial charge in [0.15, 0.2) is 0 Å². The summed E-state index contributed by atoms with van der Waals surface area (Å²) in [6.45, 7) is 1.48. The number of aromatic carboxylic acids is 2. The molecule has 2 aromatic rings. The van der Waals surface area contributed by atoms with Crippen LogP contribution < -0.4 is 0 Å². The summed E-state index contributed by atoms with van der Waals surface area (Å²) < 4.78 is 14.3. The molecule has 2 aromatic carbocycles. The maximum absolute atomic E-state index is 14.3. The van der Waals surface area contributed by atoms with E-state index in [0.717, 1.165) is 18.2 Å². The Morgan fingerprint density at radius 1 is 1.12 bits per heavy atom. The molecule has 124 valence electrons. The summed E-state index contributed by atoms with van der Waals surface area (Å²) in [5.74, 6) is -4.05. The van der Waals surface area contributed by atoms with Crippen molar-refractivity contribution < 1.29 is 29.1 Å². The second kappa shape index (κ2) is 6.25. The Kier molecular flexibility index (Phi) is 4.52. The fourth-order valence-corrected chi connectivity index (χ4v) is 2.50. The molecule has 0 aromatic heterocycles. The maximum atomic E-state index is 14.3. The molecule has 2 rings (SSSR count). The van der Waals surface area contributed by atoms with Gasteiger partial charge in [-0.15, -0.1) is 0 Å². The predicted molar refractivity (Wildman–Crippen MR) is 82.2 cm³/mol. The fourth-order valence-electron chi connectivity index (χ4n) is 2.28. The van der Waals surface area contributed by atoms with Crippen LogP contribution in [0.2, 0.25) is 5.02 Å². The monoisotopic (exact) mass is 353 g/mol. The minimum absolute atomic E-state index is 0.331. The lowest BCUT2D eigenvalue weighted by Crippen LogP contribution is -2.09. The molecule has 0 fully saturated rings. The maximum Gasteiger partial charge on any atom is 0.336 e. The van der Waals surface area contributed by atoms with Gasteiger partial charge < -0.3 is 10.2 Å². The smallest absolute Gasteiger partial charge is 0.336 e. The summed E-state index contributed by atoms with van der Waals surface area (Å²) in [5.41, 5.74) is -2.29. The average Bonchev–Trinajstić information content (AvgIpc) is 2.46. The zero-order chi connectivity index (χ0) is 18.2. The number of carboxylic acid groups (broad SMARTS) is 2. The zero-order valence-corrected chi connectivity index (χ0v) is 12.8. The molecular formula is C15H9ClFNO6. The molecule has 0 unspecified atom stereocenters. The molecule has 0 atom stereocenters. The van der Waals surface area contributed by atoms with E-state index in [2.05, 4.69) is 0 Å². The minimum Gasteiger partial charge on any atom is -0.478 e. The van der Waals surface area contributed by atoms with Gasteiger partial charge in [0.05, 0.1) is 16.1 Å². The third-order valence-electron chi connectivity index (χ3n) is 3.25. The molecule has 0 aliphatic rings. The van der Waals surface area contributed by atoms with Crippen molar-refractivity contribution in [1.29, 1.82) is 0 Å². The van der Waals surface area contributed by atoms with Crippen LogP contribution in [0.4, 0.5) is 10.1 Å². The van der Waals surface area contributed by atoms with Crippen LogP contribution in [0.3, 0.4) is 0 Å². The van der Waals surface area contributed by atoms with Gasteiger partial charge in [-0.1, -0.05) is 11.6 Å². The molecule has 0 saturated carbocycles. The summed E-state index contributed by atoms with van der Waals surface area (Å²) >= 11 is 5.60. The van der Waals surface area contributed by atoms with Crippen LogP contribution >= 0.6 is 11.6 Å². The molecule has 0 spiro atoms. The Balaban J connectivity index is 2.95. The molecule has 0 radical (unpaired) electrons. The minimum atomic E-state index is -1.49. The first-order valence-electron chi connectivity index (χ1n) is 6.38. The lowest BCUT2D eigenvalue weighted by atomic mass is 9.91. The summed E-state index contributed by atoms with van der Waals surface area (Å²) in [5, 5.41) is 29.1. The SMILES string of the molecule is Cc1cc(C(=O)O)c(-c2cc([N+](=O)[O-])c(Cl)cc2F)c(C(=O)O)c1. The van der Waals surface area contributed by atoms with E-state index in [1.54, 1.807) is 0 Å². The first-order valence-corrected chi connectivity index (χ1v) is 6.76. The molecule has 0 aliphatic carbocycles. The zero-order valence-electron chi connectivity index (χ0n) is 12.0. The van der Waals surface area contributed by atoms with Crippen molar-refractivity contribution in [3.05, 3.63) is 61.9 Å². The number of carboxylic acids is 2. The van der Waals surface area contributed by atoms with Crippen LogP contribution in [0.5, 0.6) is 0 Å². The van der Waals surface area contributed by atoms with Crippen molar-refractivity contribution in [2.75, 3.05) is 0 Å². The molecule has 0 saturated heterocycles. The van der Waals surface area contributed by atoms with Crippen LogP contribution in [-0.4, -0.2) is 27.1 Å². The lowest BCUT2D eigenvalue weighted by molar-refractivity contribution is -0.384. The molecule has 0 bridgehead atoms. The standard InChI is InChI=1S/C15H9ClFNO6/c1-6-2-8(14(19)20)13(9(3-6)15(21)22)7-4-12(18(23)24)10(16)5-11(7)17/h2-5H,1H3,(H,19,20)(H,21,22). The molecule has 7 nitrogen and oxygen atoms in total. The highest BCUT2D eigenvalue weighted by atomic mass is 35.5. The number of aryl methyl sites for hydroxylation is 1. The average molecular weight is 354 g/mol. The molecule has 9 heteroatoms. The Hall–Kier alpha value is -3.00. The van der Waals surface area contributed by atoms with E-state index in [1.165, 1.54) is 6.92 Å². The van der Waals surface area contributed by atoms with E-state index in [0.29, 0.717) is 11.6 Å². The van der Waals surface area contributed by atoms with Crippen LogP contribution in [0.1, 0.15) is 26.3 Å². The number of nitro benzene ring substituents is 1. The fraction of sp³-hybridized carbons (Fsp3) is 0.0667. The van der Waals surface area contributed by atoms with Gasteiger partial charge >= 0.3 is 11.9 Å². The number of carbonyl (C=O) groups is 2. The summed E-state index contributed by atoms with van der Waals surface area (Å²) in [7, 11) is 0. The van der Waals surface area contributed by atoms with Crippen LogP contribution in [-0.2, 0) is 0 Å². The normalized spacial score (nSPS) is 10.5. The molecule has 24 heavy (non-hydrogen) atoms. The summed E-state index contributed by atoms with van der Waals surface area (Å²) in [6.07, 6.45) is 0. The Bertz CT molecular complexity index is 861. The highest BCUT2D eigenvalue weighted by Crippen LogP contribution is 2.37.